The van der Waals surface area contributed by atoms with Gasteiger partial charge in [0.25, 0.3) is 0 Å². The zero-order chi connectivity index (χ0) is 17.1. The fourth-order valence-corrected chi connectivity index (χ4v) is 3.00. The minimum absolute atomic E-state index is 0.309. The summed E-state index contributed by atoms with van der Waals surface area (Å²) in [6.07, 6.45) is 1.77. The van der Waals surface area contributed by atoms with Gasteiger partial charge in [-0.2, -0.15) is 0 Å². The van der Waals surface area contributed by atoms with Gasteiger partial charge in [-0.05, 0) is 42.8 Å². The molecule has 1 saturated heterocycles. The molecule has 0 amide bonds. The molecule has 1 fully saturated rings. The highest BCUT2D eigenvalue weighted by Gasteiger charge is 2.19. The van der Waals surface area contributed by atoms with Crippen molar-refractivity contribution >= 4 is 23.1 Å². The lowest BCUT2D eigenvalue weighted by Gasteiger charge is -2.38. The van der Waals surface area contributed by atoms with Crippen LogP contribution in [0.1, 0.15) is 5.56 Å². The predicted molar refractivity (Wildman–Crippen MR) is 96.9 cm³/mol. The molecule has 3 rings (SSSR count). The minimum Gasteiger partial charge on any atom is -0.368 e. The Morgan fingerprint density at radius 1 is 1.21 bits per heavy atom. The molecule has 126 valence electrons. The summed E-state index contributed by atoms with van der Waals surface area (Å²) < 4.78 is 13.5. The third-order valence-electron chi connectivity index (χ3n) is 4.06. The maximum atomic E-state index is 13.5. The average molecular weight is 347 g/mol. The smallest absolute Gasteiger partial charge is 0.131 e. The highest BCUT2D eigenvalue weighted by atomic mass is 35.5. The summed E-state index contributed by atoms with van der Waals surface area (Å²) in [5.41, 5.74) is 1.96. The standard InChI is InChI=1S/C18H20ClFN4/c1-13-3-4-21-18(9-13)22-14(2)23-5-7-24(8-6-23)17-11-15(19)10-16(20)12-17/h3-4,9-12H,2,5-8H2,1H3,(H,21,22). The molecule has 0 aliphatic carbocycles. The van der Waals surface area contributed by atoms with Gasteiger partial charge in [-0.15, -0.1) is 0 Å². The van der Waals surface area contributed by atoms with Gasteiger partial charge in [0.15, 0.2) is 0 Å². The van der Waals surface area contributed by atoms with Gasteiger partial charge in [-0.1, -0.05) is 18.2 Å². The van der Waals surface area contributed by atoms with Crippen molar-refractivity contribution in [2.45, 2.75) is 6.92 Å². The van der Waals surface area contributed by atoms with Gasteiger partial charge in [0.05, 0.1) is 5.82 Å². The van der Waals surface area contributed by atoms with Crippen molar-refractivity contribution in [2.24, 2.45) is 0 Å². The van der Waals surface area contributed by atoms with Crippen LogP contribution >= 0.6 is 11.6 Å². The lowest BCUT2D eigenvalue weighted by molar-refractivity contribution is 0.325. The number of hydrogen-bond acceptors (Lipinski definition) is 4. The van der Waals surface area contributed by atoms with Crippen molar-refractivity contribution in [3.05, 3.63) is 65.3 Å². The molecule has 6 heteroatoms. The minimum atomic E-state index is -0.309. The van der Waals surface area contributed by atoms with Crippen LogP contribution < -0.4 is 10.2 Å². The van der Waals surface area contributed by atoms with Crippen LogP contribution in [0.2, 0.25) is 5.02 Å². The van der Waals surface area contributed by atoms with Crippen LogP contribution in [0.5, 0.6) is 0 Å². The van der Waals surface area contributed by atoms with Crippen LogP contribution in [-0.4, -0.2) is 36.1 Å². The summed E-state index contributed by atoms with van der Waals surface area (Å²) in [6, 6.07) is 8.57. The normalized spacial score (nSPS) is 14.6. The molecule has 1 N–H and O–H groups in total. The Morgan fingerprint density at radius 2 is 1.96 bits per heavy atom. The molecule has 4 nitrogen and oxygen atoms in total. The molecule has 2 aromatic rings. The number of rotatable bonds is 4. The Bertz CT molecular complexity index is 721. The number of aromatic nitrogens is 1. The molecule has 0 saturated carbocycles. The van der Waals surface area contributed by atoms with Gasteiger partial charge >= 0.3 is 0 Å². The first kappa shape index (κ1) is 16.6. The van der Waals surface area contributed by atoms with E-state index in [0.29, 0.717) is 5.02 Å². The molecular formula is C18H20ClFN4. The average Bonchev–Trinajstić information content (AvgIpc) is 2.54. The zero-order valence-electron chi connectivity index (χ0n) is 13.6. The number of benzene rings is 1. The lowest BCUT2D eigenvalue weighted by atomic mass is 10.2. The van der Waals surface area contributed by atoms with Crippen LogP contribution in [0, 0.1) is 12.7 Å². The first-order valence-electron chi connectivity index (χ1n) is 7.86. The highest BCUT2D eigenvalue weighted by Crippen LogP contribution is 2.23. The first-order valence-corrected chi connectivity index (χ1v) is 8.23. The number of anilines is 2. The number of hydrogen-bond donors (Lipinski definition) is 1. The molecule has 24 heavy (non-hydrogen) atoms. The molecule has 1 aliphatic heterocycles. The van der Waals surface area contributed by atoms with Gasteiger partial charge in [0.1, 0.15) is 11.6 Å². The second-order valence-electron chi connectivity index (χ2n) is 5.89. The van der Waals surface area contributed by atoms with Crippen LogP contribution in [0.3, 0.4) is 0 Å². The molecular weight excluding hydrogens is 327 g/mol. The van der Waals surface area contributed by atoms with Gasteiger partial charge in [-0.25, -0.2) is 9.37 Å². The summed E-state index contributed by atoms with van der Waals surface area (Å²) in [5.74, 6) is 1.31. The van der Waals surface area contributed by atoms with Crippen molar-refractivity contribution in [1.82, 2.24) is 9.88 Å². The third-order valence-corrected chi connectivity index (χ3v) is 4.28. The Morgan fingerprint density at radius 3 is 2.62 bits per heavy atom. The quantitative estimate of drug-likeness (QED) is 0.910. The van der Waals surface area contributed by atoms with E-state index in [0.717, 1.165) is 49.1 Å². The van der Waals surface area contributed by atoms with E-state index in [1.807, 2.05) is 19.1 Å². The Labute approximate surface area is 146 Å². The van der Waals surface area contributed by atoms with Crippen molar-refractivity contribution in [1.29, 1.82) is 0 Å². The summed E-state index contributed by atoms with van der Waals surface area (Å²) in [6.45, 7) is 9.28. The molecule has 0 unspecified atom stereocenters. The van der Waals surface area contributed by atoms with Gasteiger partial charge in [0, 0.05) is 43.1 Å². The van der Waals surface area contributed by atoms with Crippen molar-refractivity contribution in [2.75, 3.05) is 36.4 Å². The van der Waals surface area contributed by atoms with Gasteiger partial charge in [0.2, 0.25) is 0 Å². The molecule has 0 spiro atoms. The number of pyridine rings is 1. The van der Waals surface area contributed by atoms with E-state index in [4.69, 9.17) is 11.6 Å². The Kier molecular flexibility index (Phi) is 4.90. The summed E-state index contributed by atoms with van der Waals surface area (Å²) >= 11 is 5.94. The topological polar surface area (TPSA) is 31.4 Å². The number of piperazine rings is 1. The molecule has 1 aliphatic rings. The number of nitrogens with zero attached hydrogens (tertiary/aromatic N) is 3. The second kappa shape index (κ2) is 7.09. The SMILES string of the molecule is C=C(Nc1cc(C)ccn1)N1CCN(c2cc(F)cc(Cl)c2)CC1. The Balaban J connectivity index is 1.59. The van der Waals surface area contributed by atoms with Crippen molar-refractivity contribution in [3.8, 4) is 0 Å². The maximum absolute atomic E-state index is 13.5. The fraction of sp³-hybridized carbons (Fsp3) is 0.278. The van der Waals surface area contributed by atoms with E-state index in [1.165, 1.54) is 12.1 Å². The van der Waals surface area contributed by atoms with Gasteiger partial charge < -0.3 is 15.1 Å². The predicted octanol–water partition coefficient (Wildman–Crippen LogP) is 3.89. The van der Waals surface area contributed by atoms with Crippen LogP contribution in [0.25, 0.3) is 0 Å². The maximum Gasteiger partial charge on any atom is 0.131 e. The van der Waals surface area contributed by atoms with E-state index in [9.17, 15) is 4.39 Å². The van der Waals surface area contributed by atoms with E-state index < -0.39 is 0 Å². The first-order chi connectivity index (χ1) is 11.5. The lowest BCUT2D eigenvalue weighted by Crippen LogP contribution is -2.46. The van der Waals surface area contributed by atoms with Gasteiger partial charge in [-0.3, -0.25) is 0 Å². The number of halogens is 2. The van der Waals surface area contributed by atoms with Crippen molar-refractivity contribution in [3.63, 3.8) is 0 Å². The van der Waals surface area contributed by atoms with Crippen LogP contribution in [0.15, 0.2) is 48.9 Å². The monoisotopic (exact) mass is 346 g/mol. The van der Waals surface area contributed by atoms with E-state index in [1.54, 1.807) is 12.3 Å². The summed E-state index contributed by atoms with van der Waals surface area (Å²) in [4.78, 5) is 8.59. The number of aryl methyl sites for hydroxylation is 1. The zero-order valence-corrected chi connectivity index (χ0v) is 14.4. The second-order valence-corrected chi connectivity index (χ2v) is 6.33. The van der Waals surface area contributed by atoms with E-state index >= 15 is 0 Å². The largest absolute Gasteiger partial charge is 0.368 e. The molecule has 2 heterocycles. The molecule has 1 aromatic heterocycles. The molecule has 1 aromatic carbocycles. The summed E-state index contributed by atoms with van der Waals surface area (Å²) in [7, 11) is 0. The van der Waals surface area contributed by atoms with Crippen molar-refractivity contribution < 1.29 is 4.39 Å². The third kappa shape index (κ3) is 3.97. The van der Waals surface area contributed by atoms with Crippen LogP contribution in [-0.2, 0) is 0 Å². The van der Waals surface area contributed by atoms with Crippen LogP contribution in [0.4, 0.5) is 15.9 Å². The molecule has 0 atom stereocenters. The fourth-order valence-electron chi connectivity index (χ4n) is 2.79. The number of nitrogens with one attached hydrogen (secondary N) is 1. The molecule has 0 radical (unpaired) electrons. The van der Waals surface area contributed by atoms with E-state index in [-0.39, 0.29) is 5.82 Å². The molecule has 0 bridgehead atoms. The highest BCUT2D eigenvalue weighted by molar-refractivity contribution is 6.30. The van der Waals surface area contributed by atoms with E-state index in [2.05, 4.69) is 26.7 Å². The Hall–Kier alpha value is -2.27. The summed E-state index contributed by atoms with van der Waals surface area (Å²) in [5, 5.41) is 3.67.